The number of carbonyl (C=O) groups excluding carboxylic acids is 1. The van der Waals surface area contributed by atoms with Gasteiger partial charge in [-0.25, -0.2) is 14.0 Å². The molecule has 3 aliphatic rings. The van der Waals surface area contributed by atoms with Crippen molar-refractivity contribution in [3.8, 4) is 11.1 Å². The minimum absolute atomic E-state index is 0.0373. The topological polar surface area (TPSA) is 91.8 Å². The monoisotopic (exact) mass is 465 g/mol. The van der Waals surface area contributed by atoms with E-state index < -0.39 is 6.09 Å². The maximum Gasteiger partial charge on any atom is 0.410 e. The highest BCUT2D eigenvalue weighted by Crippen LogP contribution is 2.49. The molecule has 2 heterocycles. The van der Waals surface area contributed by atoms with Crippen molar-refractivity contribution < 1.29 is 23.8 Å². The Morgan fingerprint density at radius 1 is 1.21 bits per heavy atom. The first-order valence-electron chi connectivity index (χ1n) is 11.8. The Balaban J connectivity index is 1.34. The van der Waals surface area contributed by atoms with Crippen LogP contribution >= 0.6 is 0 Å². The van der Waals surface area contributed by atoms with E-state index in [1.165, 1.54) is 12.1 Å². The highest BCUT2D eigenvalue weighted by atomic mass is 19.1. The molecule has 2 aromatic rings. The SMILES string of the molecule is O=C(O)NC1CC[C@@H]2[C@@H](C1)C[C@H](N1CCOC1=O)[C@H]2/C=C/c1ccc(-c2cccc(F)c2)cn1. The summed E-state index contributed by atoms with van der Waals surface area (Å²) in [6.45, 7) is 0.998. The lowest BCUT2D eigenvalue weighted by Gasteiger charge is -2.34. The van der Waals surface area contributed by atoms with Gasteiger partial charge in [0.25, 0.3) is 0 Å². The van der Waals surface area contributed by atoms with Crippen LogP contribution < -0.4 is 5.32 Å². The molecule has 0 bridgehead atoms. The molecule has 1 aromatic heterocycles. The molecular weight excluding hydrogens is 437 g/mol. The predicted octanol–water partition coefficient (Wildman–Crippen LogP) is 4.79. The van der Waals surface area contributed by atoms with Crippen molar-refractivity contribution in [1.29, 1.82) is 0 Å². The Morgan fingerprint density at radius 2 is 2.09 bits per heavy atom. The molecule has 7 nitrogen and oxygen atoms in total. The van der Waals surface area contributed by atoms with Gasteiger partial charge in [-0.15, -0.1) is 0 Å². The number of ether oxygens (including phenoxy) is 1. The van der Waals surface area contributed by atoms with E-state index in [4.69, 9.17) is 9.84 Å². The molecule has 34 heavy (non-hydrogen) atoms. The normalized spacial score (nSPS) is 28.7. The van der Waals surface area contributed by atoms with Gasteiger partial charge in [0, 0.05) is 29.8 Å². The predicted molar refractivity (Wildman–Crippen MR) is 124 cm³/mol. The van der Waals surface area contributed by atoms with Gasteiger partial charge < -0.3 is 20.1 Å². The van der Waals surface area contributed by atoms with Gasteiger partial charge in [-0.05, 0) is 67.4 Å². The molecule has 1 saturated heterocycles. The molecule has 8 heteroatoms. The van der Waals surface area contributed by atoms with Crippen LogP contribution in [0, 0.1) is 23.6 Å². The highest BCUT2D eigenvalue weighted by Gasteiger charge is 2.49. The summed E-state index contributed by atoms with van der Waals surface area (Å²) in [7, 11) is 0. The molecule has 2 amide bonds. The third-order valence-electron chi connectivity index (χ3n) is 7.48. The Hall–Kier alpha value is -3.42. The number of nitrogens with zero attached hydrogens (tertiary/aromatic N) is 2. The molecule has 3 fully saturated rings. The van der Waals surface area contributed by atoms with Crippen LogP contribution in [-0.2, 0) is 4.74 Å². The number of cyclic esters (lactones) is 1. The van der Waals surface area contributed by atoms with Crippen LogP contribution in [0.5, 0.6) is 0 Å². The molecule has 1 aromatic carbocycles. The number of benzene rings is 1. The second-order valence-electron chi connectivity index (χ2n) is 9.41. The zero-order valence-electron chi connectivity index (χ0n) is 18.8. The lowest BCUT2D eigenvalue weighted by atomic mass is 9.75. The van der Waals surface area contributed by atoms with Crippen molar-refractivity contribution in [1.82, 2.24) is 15.2 Å². The van der Waals surface area contributed by atoms with Crippen molar-refractivity contribution in [3.63, 3.8) is 0 Å². The van der Waals surface area contributed by atoms with E-state index in [0.29, 0.717) is 25.0 Å². The number of aromatic nitrogens is 1. The molecule has 5 rings (SSSR count). The molecule has 2 saturated carbocycles. The molecule has 178 valence electrons. The van der Waals surface area contributed by atoms with Crippen LogP contribution in [0.4, 0.5) is 14.0 Å². The van der Waals surface area contributed by atoms with Crippen LogP contribution in [0.1, 0.15) is 31.4 Å². The molecule has 5 atom stereocenters. The van der Waals surface area contributed by atoms with Gasteiger partial charge in [0.05, 0.1) is 12.2 Å². The van der Waals surface area contributed by atoms with E-state index in [-0.39, 0.29) is 29.9 Å². The largest absolute Gasteiger partial charge is 0.465 e. The Morgan fingerprint density at radius 3 is 2.79 bits per heavy atom. The molecule has 1 unspecified atom stereocenters. The van der Waals surface area contributed by atoms with Crippen molar-refractivity contribution in [2.75, 3.05) is 13.2 Å². The zero-order valence-corrected chi connectivity index (χ0v) is 18.8. The number of halogens is 1. The van der Waals surface area contributed by atoms with Gasteiger partial charge >= 0.3 is 12.2 Å². The standard InChI is InChI=1S/C26H28FN3O4/c27-19-3-1-2-16(12-19)17-4-5-20(28-15-17)6-9-23-22-8-7-21(29-25(31)32)13-18(22)14-24(23)30-10-11-34-26(30)33/h1-6,9,12,15,18,21-24,29H,7-8,10-11,13-14H2,(H,31,32)/b9-6+/t18-,21?,22+,23-,24-/m0/s1. The number of pyridine rings is 1. The van der Waals surface area contributed by atoms with Gasteiger partial charge in [-0.3, -0.25) is 4.98 Å². The number of hydrogen-bond acceptors (Lipinski definition) is 4. The van der Waals surface area contributed by atoms with E-state index in [2.05, 4.69) is 16.4 Å². The maximum absolute atomic E-state index is 13.5. The summed E-state index contributed by atoms with van der Waals surface area (Å²) in [5, 5.41) is 11.8. The molecule has 2 aliphatic carbocycles. The Bertz CT molecular complexity index is 1090. The number of hydrogen-bond donors (Lipinski definition) is 2. The quantitative estimate of drug-likeness (QED) is 0.662. The Labute approximate surface area is 197 Å². The average molecular weight is 466 g/mol. The lowest BCUT2D eigenvalue weighted by molar-refractivity contribution is 0.140. The number of nitrogens with one attached hydrogen (secondary N) is 1. The minimum atomic E-state index is -0.981. The van der Waals surface area contributed by atoms with E-state index in [0.717, 1.165) is 42.5 Å². The van der Waals surface area contributed by atoms with Crippen molar-refractivity contribution in [3.05, 3.63) is 60.2 Å². The molecule has 0 radical (unpaired) electrons. The molecule has 0 spiro atoms. The van der Waals surface area contributed by atoms with Crippen molar-refractivity contribution in [2.24, 2.45) is 17.8 Å². The number of amides is 2. The summed E-state index contributed by atoms with van der Waals surface area (Å²) in [4.78, 5) is 29.8. The summed E-state index contributed by atoms with van der Waals surface area (Å²) in [5.74, 6) is 0.609. The van der Waals surface area contributed by atoms with Crippen LogP contribution in [0.25, 0.3) is 17.2 Å². The van der Waals surface area contributed by atoms with E-state index in [1.54, 1.807) is 12.3 Å². The fourth-order valence-electron chi connectivity index (χ4n) is 5.99. The maximum atomic E-state index is 13.5. The Kier molecular flexibility index (Phi) is 6.22. The van der Waals surface area contributed by atoms with Gasteiger partial charge in [0.2, 0.25) is 0 Å². The van der Waals surface area contributed by atoms with E-state index >= 15 is 0 Å². The van der Waals surface area contributed by atoms with Gasteiger partial charge in [-0.2, -0.15) is 0 Å². The number of carboxylic acid groups (broad SMARTS) is 1. The number of fused-ring (bicyclic) bond motifs is 1. The van der Waals surface area contributed by atoms with Crippen LogP contribution in [0.2, 0.25) is 0 Å². The zero-order chi connectivity index (χ0) is 23.7. The number of carbonyl (C=O) groups is 2. The van der Waals surface area contributed by atoms with Gasteiger partial charge in [0.15, 0.2) is 0 Å². The summed E-state index contributed by atoms with van der Waals surface area (Å²) in [6.07, 6.45) is 8.01. The smallest absolute Gasteiger partial charge is 0.410 e. The summed E-state index contributed by atoms with van der Waals surface area (Å²) in [6, 6.07) is 10.3. The first-order chi connectivity index (χ1) is 16.5. The third kappa shape index (κ3) is 4.62. The second kappa shape index (κ2) is 9.44. The van der Waals surface area contributed by atoms with Gasteiger partial charge in [-0.1, -0.05) is 24.3 Å². The fraction of sp³-hybridized carbons (Fsp3) is 0.423. The molecular formula is C26H28FN3O4. The van der Waals surface area contributed by atoms with Crippen molar-refractivity contribution in [2.45, 2.75) is 37.8 Å². The highest BCUT2D eigenvalue weighted by molar-refractivity contribution is 5.70. The second-order valence-corrected chi connectivity index (χ2v) is 9.41. The minimum Gasteiger partial charge on any atom is -0.465 e. The average Bonchev–Trinajstić information content (AvgIpc) is 3.40. The summed E-state index contributed by atoms with van der Waals surface area (Å²) in [5.41, 5.74) is 2.42. The summed E-state index contributed by atoms with van der Waals surface area (Å²) < 4.78 is 18.8. The van der Waals surface area contributed by atoms with Crippen LogP contribution in [0.3, 0.4) is 0 Å². The fourth-order valence-corrected chi connectivity index (χ4v) is 5.99. The van der Waals surface area contributed by atoms with E-state index in [9.17, 15) is 14.0 Å². The molecule has 1 aliphatic heterocycles. The van der Waals surface area contributed by atoms with Crippen molar-refractivity contribution >= 4 is 18.3 Å². The number of rotatable bonds is 5. The first-order valence-corrected chi connectivity index (χ1v) is 11.8. The van der Waals surface area contributed by atoms with E-state index in [1.807, 2.05) is 29.2 Å². The lowest BCUT2D eigenvalue weighted by Crippen LogP contribution is -2.40. The van der Waals surface area contributed by atoms with Gasteiger partial charge in [0.1, 0.15) is 12.4 Å². The molecule has 2 N–H and O–H groups in total. The first kappa shape index (κ1) is 22.4. The van der Waals surface area contributed by atoms with Crippen LogP contribution in [0.15, 0.2) is 48.7 Å². The van der Waals surface area contributed by atoms with Crippen LogP contribution in [-0.4, -0.2) is 52.4 Å². The summed E-state index contributed by atoms with van der Waals surface area (Å²) >= 11 is 0. The third-order valence-corrected chi connectivity index (χ3v) is 7.48.